The number of nitrogens with zero attached hydrogens (tertiary/aromatic N) is 4. The van der Waals surface area contributed by atoms with E-state index in [0.29, 0.717) is 0 Å². The van der Waals surface area contributed by atoms with Gasteiger partial charge in [0.05, 0.1) is 0 Å². The first-order valence-corrected chi connectivity index (χ1v) is 5.65. The van der Waals surface area contributed by atoms with E-state index in [4.69, 9.17) is 0 Å². The Hall–Kier alpha value is -1.27. The molecular weight excluding hydrogens is 270 g/mol. The molecule has 2 aromatic heterocycles. The molecule has 0 spiro atoms. The fourth-order valence-electron chi connectivity index (χ4n) is 1.56. The van der Waals surface area contributed by atoms with Crippen LogP contribution in [0.15, 0.2) is 23.1 Å². The van der Waals surface area contributed by atoms with Crippen LogP contribution in [0.2, 0.25) is 0 Å². The van der Waals surface area contributed by atoms with Crippen molar-refractivity contribution in [1.29, 1.82) is 0 Å². The summed E-state index contributed by atoms with van der Waals surface area (Å²) in [7, 11) is 3.77. The Morgan fingerprint density at radius 2 is 2.25 bits per heavy atom. The van der Waals surface area contributed by atoms with Gasteiger partial charge in [-0.2, -0.15) is 0 Å². The summed E-state index contributed by atoms with van der Waals surface area (Å²) in [4.78, 5) is 4.21. The minimum absolute atomic E-state index is 0.735. The Balaban J connectivity index is 2.44. The first-order valence-electron chi connectivity index (χ1n) is 4.86. The van der Waals surface area contributed by atoms with Gasteiger partial charge in [-0.05, 0) is 34.6 Å². The molecule has 6 heteroatoms. The van der Waals surface area contributed by atoms with Crippen molar-refractivity contribution in [2.45, 2.75) is 6.54 Å². The Morgan fingerprint density at radius 3 is 2.88 bits per heavy atom. The number of hydrogen-bond acceptors (Lipinski definition) is 4. The zero-order valence-corrected chi connectivity index (χ0v) is 10.7. The summed E-state index contributed by atoms with van der Waals surface area (Å²) in [6.45, 7) is 0.795. The molecule has 0 bridgehead atoms. The fourth-order valence-corrected chi connectivity index (χ4v) is 2.11. The maximum atomic E-state index is 4.21. The highest BCUT2D eigenvalue weighted by atomic mass is 79.9. The van der Waals surface area contributed by atoms with Gasteiger partial charge in [0.2, 0.25) is 0 Å². The van der Waals surface area contributed by atoms with E-state index in [-0.39, 0.29) is 0 Å². The Kier molecular flexibility index (Phi) is 3.31. The number of aromatic nitrogens is 4. The first kappa shape index (κ1) is 11.2. The van der Waals surface area contributed by atoms with Crippen molar-refractivity contribution in [2.24, 2.45) is 7.05 Å². The van der Waals surface area contributed by atoms with Gasteiger partial charge in [-0.25, -0.2) is 4.68 Å². The predicted octanol–water partition coefficient (Wildman–Crippen LogP) is 1.36. The molecule has 0 unspecified atom stereocenters. The lowest BCUT2D eigenvalue weighted by atomic mass is 10.1. The van der Waals surface area contributed by atoms with Crippen LogP contribution in [-0.2, 0) is 13.6 Å². The average Bonchev–Trinajstić information content (AvgIpc) is 2.59. The molecule has 16 heavy (non-hydrogen) atoms. The van der Waals surface area contributed by atoms with Crippen molar-refractivity contribution < 1.29 is 0 Å². The lowest BCUT2D eigenvalue weighted by Crippen LogP contribution is -2.05. The number of hydrogen-bond donors (Lipinski definition) is 1. The minimum atomic E-state index is 0.735. The average molecular weight is 282 g/mol. The monoisotopic (exact) mass is 281 g/mol. The number of rotatable bonds is 3. The highest BCUT2D eigenvalue weighted by molar-refractivity contribution is 9.10. The van der Waals surface area contributed by atoms with Gasteiger partial charge in [0, 0.05) is 31.5 Å². The van der Waals surface area contributed by atoms with E-state index in [9.17, 15) is 0 Å². The lowest BCUT2D eigenvalue weighted by Gasteiger charge is -2.04. The molecule has 1 N–H and O–H groups in total. The Bertz CT molecular complexity index is 474. The van der Waals surface area contributed by atoms with Gasteiger partial charge in [-0.15, -0.1) is 5.10 Å². The second kappa shape index (κ2) is 4.71. The van der Waals surface area contributed by atoms with Gasteiger partial charge in [-0.3, -0.25) is 4.98 Å². The molecule has 2 aromatic rings. The van der Waals surface area contributed by atoms with Crippen LogP contribution in [0.5, 0.6) is 0 Å². The summed E-state index contributed by atoms with van der Waals surface area (Å²) in [5.74, 6) is 0. The van der Waals surface area contributed by atoms with Crippen LogP contribution in [0.4, 0.5) is 0 Å². The molecule has 2 heterocycles. The van der Waals surface area contributed by atoms with Gasteiger partial charge in [0.15, 0.2) is 4.60 Å². The SMILES string of the molecule is CNCc1cncc(-c2c(Br)nnn2C)c1. The minimum Gasteiger partial charge on any atom is -0.316 e. The van der Waals surface area contributed by atoms with Gasteiger partial charge in [0.1, 0.15) is 5.69 Å². The van der Waals surface area contributed by atoms with Crippen molar-refractivity contribution in [3.05, 3.63) is 28.6 Å². The summed E-state index contributed by atoms with van der Waals surface area (Å²) in [6, 6.07) is 2.08. The lowest BCUT2D eigenvalue weighted by molar-refractivity contribution is 0.719. The normalized spacial score (nSPS) is 10.7. The van der Waals surface area contributed by atoms with Crippen LogP contribution in [0.3, 0.4) is 0 Å². The summed E-state index contributed by atoms with van der Waals surface area (Å²) < 4.78 is 2.46. The molecule has 0 amide bonds. The third-order valence-electron chi connectivity index (χ3n) is 2.23. The molecule has 0 atom stereocenters. The molecule has 0 aliphatic rings. The summed E-state index contributed by atoms with van der Waals surface area (Å²) in [5.41, 5.74) is 3.07. The van der Waals surface area contributed by atoms with E-state index in [2.05, 4.69) is 42.6 Å². The van der Waals surface area contributed by atoms with Crippen molar-refractivity contribution in [2.75, 3.05) is 7.05 Å². The van der Waals surface area contributed by atoms with Crippen molar-refractivity contribution >= 4 is 15.9 Å². The quantitative estimate of drug-likeness (QED) is 0.923. The van der Waals surface area contributed by atoms with Crippen LogP contribution >= 0.6 is 15.9 Å². The molecule has 0 radical (unpaired) electrons. The summed E-state index contributed by atoms with van der Waals surface area (Å²) in [5, 5.41) is 11.0. The van der Waals surface area contributed by atoms with Crippen LogP contribution in [0.25, 0.3) is 11.3 Å². The van der Waals surface area contributed by atoms with E-state index >= 15 is 0 Å². The Labute approximate surface area is 102 Å². The molecule has 5 nitrogen and oxygen atoms in total. The molecule has 0 saturated heterocycles. The maximum absolute atomic E-state index is 4.21. The number of nitrogens with one attached hydrogen (secondary N) is 1. The second-order valence-electron chi connectivity index (χ2n) is 3.46. The zero-order chi connectivity index (χ0) is 11.5. The highest BCUT2D eigenvalue weighted by Crippen LogP contribution is 2.25. The largest absolute Gasteiger partial charge is 0.316 e. The maximum Gasteiger partial charge on any atom is 0.156 e. The van der Waals surface area contributed by atoms with Crippen molar-refractivity contribution in [3.8, 4) is 11.3 Å². The van der Waals surface area contributed by atoms with E-state index in [0.717, 1.165) is 28.0 Å². The third-order valence-corrected chi connectivity index (χ3v) is 2.77. The zero-order valence-electron chi connectivity index (χ0n) is 9.11. The number of aryl methyl sites for hydroxylation is 1. The van der Waals surface area contributed by atoms with E-state index < -0.39 is 0 Å². The van der Waals surface area contributed by atoms with Crippen molar-refractivity contribution in [1.82, 2.24) is 25.3 Å². The van der Waals surface area contributed by atoms with Gasteiger partial charge >= 0.3 is 0 Å². The predicted molar refractivity (Wildman–Crippen MR) is 64.7 cm³/mol. The molecule has 0 aliphatic carbocycles. The van der Waals surface area contributed by atoms with Gasteiger partial charge < -0.3 is 5.32 Å². The van der Waals surface area contributed by atoms with Gasteiger partial charge in [-0.1, -0.05) is 5.21 Å². The number of pyridine rings is 1. The Morgan fingerprint density at radius 1 is 1.44 bits per heavy atom. The second-order valence-corrected chi connectivity index (χ2v) is 4.22. The summed E-state index contributed by atoms with van der Waals surface area (Å²) >= 11 is 3.38. The highest BCUT2D eigenvalue weighted by Gasteiger charge is 2.10. The first-order chi connectivity index (χ1) is 7.72. The van der Waals surface area contributed by atoms with Crippen LogP contribution in [0.1, 0.15) is 5.56 Å². The van der Waals surface area contributed by atoms with E-state index in [1.807, 2.05) is 26.5 Å². The van der Waals surface area contributed by atoms with Crippen molar-refractivity contribution in [3.63, 3.8) is 0 Å². The van der Waals surface area contributed by atoms with Crippen LogP contribution in [-0.4, -0.2) is 27.0 Å². The summed E-state index contributed by atoms with van der Waals surface area (Å²) in [6.07, 6.45) is 3.65. The molecule has 0 aliphatic heterocycles. The molecule has 0 saturated carbocycles. The molecule has 0 fully saturated rings. The molecule has 2 rings (SSSR count). The van der Waals surface area contributed by atoms with Gasteiger partial charge in [0.25, 0.3) is 0 Å². The smallest absolute Gasteiger partial charge is 0.156 e. The molecule has 0 aromatic carbocycles. The topological polar surface area (TPSA) is 55.6 Å². The standard InChI is InChI=1S/C10H12BrN5/c1-12-4-7-3-8(6-13-5-7)9-10(11)14-15-16(9)2/h3,5-6,12H,4H2,1-2H3. The fraction of sp³-hybridized carbons (Fsp3) is 0.300. The molecule has 84 valence electrons. The van der Waals surface area contributed by atoms with E-state index in [1.165, 1.54) is 0 Å². The van der Waals surface area contributed by atoms with Crippen LogP contribution in [0, 0.1) is 0 Å². The molecular formula is C10H12BrN5. The third kappa shape index (κ3) is 2.12. The van der Waals surface area contributed by atoms with E-state index in [1.54, 1.807) is 4.68 Å². The number of halogens is 1. The van der Waals surface area contributed by atoms with Crippen LogP contribution < -0.4 is 5.32 Å².